The molecular formula is C14H22N2. The maximum absolute atomic E-state index is 6.18. The van der Waals surface area contributed by atoms with Gasteiger partial charge in [0.25, 0.3) is 0 Å². The van der Waals surface area contributed by atoms with E-state index in [4.69, 9.17) is 5.73 Å². The predicted molar refractivity (Wildman–Crippen MR) is 69.7 cm³/mol. The Morgan fingerprint density at radius 1 is 1.31 bits per heavy atom. The lowest BCUT2D eigenvalue weighted by Gasteiger charge is -2.27. The Hall–Kier alpha value is -1.02. The second-order valence-corrected chi connectivity index (χ2v) is 4.59. The summed E-state index contributed by atoms with van der Waals surface area (Å²) in [6.07, 6.45) is 3.67. The summed E-state index contributed by atoms with van der Waals surface area (Å²) in [6, 6.07) is 9.53. The van der Waals surface area contributed by atoms with Gasteiger partial charge in [-0.2, -0.15) is 0 Å². The van der Waals surface area contributed by atoms with Crippen molar-refractivity contribution in [3.05, 3.63) is 29.8 Å². The van der Waals surface area contributed by atoms with Gasteiger partial charge >= 0.3 is 0 Å². The number of nitrogens with zero attached hydrogens (tertiary/aromatic N) is 1. The Kier molecular flexibility index (Phi) is 3.49. The number of benzene rings is 1. The molecule has 88 valence electrons. The summed E-state index contributed by atoms with van der Waals surface area (Å²) in [5.41, 5.74) is 8.83. The molecule has 0 radical (unpaired) electrons. The molecule has 1 fully saturated rings. The first kappa shape index (κ1) is 11.5. The first-order valence-corrected chi connectivity index (χ1v) is 6.39. The molecule has 16 heavy (non-hydrogen) atoms. The van der Waals surface area contributed by atoms with Gasteiger partial charge in [0.2, 0.25) is 0 Å². The predicted octanol–water partition coefficient (Wildman–Crippen LogP) is 3.09. The van der Waals surface area contributed by atoms with Crippen molar-refractivity contribution >= 4 is 5.69 Å². The standard InChI is InChI=1S/C14H22N2/c1-3-13(15)12-7-5-6-8-14(12)16(4-2)11-9-10-11/h5-8,11,13H,3-4,9-10,15H2,1-2H3/t13-/m0/s1. The monoisotopic (exact) mass is 218 g/mol. The number of rotatable bonds is 5. The van der Waals surface area contributed by atoms with Crippen molar-refractivity contribution in [2.24, 2.45) is 5.73 Å². The van der Waals surface area contributed by atoms with Crippen molar-refractivity contribution < 1.29 is 0 Å². The summed E-state index contributed by atoms with van der Waals surface area (Å²) in [4.78, 5) is 2.50. The number of anilines is 1. The number of hydrogen-bond donors (Lipinski definition) is 1. The Balaban J connectivity index is 2.30. The molecule has 2 N–H and O–H groups in total. The molecule has 1 atom stereocenters. The zero-order chi connectivity index (χ0) is 11.5. The minimum Gasteiger partial charge on any atom is -0.369 e. The molecule has 1 aliphatic rings. The summed E-state index contributed by atoms with van der Waals surface area (Å²) < 4.78 is 0. The van der Waals surface area contributed by atoms with Gasteiger partial charge in [-0.15, -0.1) is 0 Å². The maximum atomic E-state index is 6.18. The topological polar surface area (TPSA) is 29.3 Å². The van der Waals surface area contributed by atoms with E-state index in [2.05, 4.69) is 43.0 Å². The van der Waals surface area contributed by atoms with E-state index in [0.29, 0.717) is 0 Å². The van der Waals surface area contributed by atoms with Crippen molar-refractivity contribution in [2.45, 2.75) is 45.2 Å². The van der Waals surface area contributed by atoms with Crippen molar-refractivity contribution in [3.8, 4) is 0 Å². The Bertz CT molecular complexity index is 344. The fourth-order valence-corrected chi connectivity index (χ4v) is 2.29. The fourth-order valence-electron chi connectivity index (χ4n) is 2.29. The van der Waals surface area contributed by atoms with Crippen LogP contribution < -0.4 is 10.6 Å². The van der Waals surface area contributed by atoms with Gasteiger partial charge in [-0.05, 0) is 37.8 Å². The summed E-state index contributed by atoms with van der Waals surface area (Å²) in [5, 5.41) is 0. The zero-order valence-electron chi connectivity index (χ0n) is 10.3. The van der Waals surface area contributed by atoms with Crippen LogP contribution in [-0.4, -0.2) is 12.6 Å². The van der Waals surface area contributed by atoms with Gasteiger partial charge in [0, 0.05) is 24.3 Å². The van der Waals surface area contributed by atoms with Crippen LogP contribution in [0.1, 0.15) is 44.7 Å². The second-order valence-electron chi connectivity index (χ2n) is 4.59. The Morgan fingerprint density at radius 2 is 2.00 bits per heavy atom. The van der Waals surface area contributed by atoms with Gasteiger partial charge in [-0.1, -0.05) is 25.1 Å². The van der Waals surface area contributed by atoms with Crippen molar-refractivity contribution in [1.82, 2.24) is 0 Å². The molecule has 2 heteroatoms. The smallest absolute Gasteiger partial charge is 0.0417 e. The molecule has 2 rings (SSSR count). The summed E-state index contributed by atoms with van der Waals surface area (Å²) >= 11 is 0. The van der Waals surface area contributed by atoms with E-state index in [1.165, 1.54) is 24.1 Å². The highest BCUT2D eigenvalue weighted by atomic mass is 15.2. The number of para-hydroxylation sites is 1. The number of hydrogen-bond acceptors (Lipinski definition) is 2. The van der Waals surface area contributed by atoms with Gasteiger partial charge in [0.05, 0.1) is 0 Å². The summed E-state index contributed by atoms with van der Waals surface area (Å²) in [6.45, 7) is 5.46. The third-order valence-electron chi connectivity index (χ3n) is 3.41. The minimum atomic E-state index is 0.170. The average Bonchev–Trinajstić information content (AvgIpc) is 3.14. The third-order valence-corrected chi connectivity index (χ3v) is 3.41. The van der Waals surface area contributed by atoms with Crippen LogP contribution in [0.5, 0.6) is 0 Å². The zero-order valence-corrected chi connectivity index (χ0v) is 10.3. The lowest BCUT2D eigenvalue weighted by atomic mass is 10.0. The quantitative estimate of drug-likeness (QED) is 0.823. The first-order chi connectivity index (χ1) is 7.77. The average molecular weight is 218 g/mol. The largest absolute Gasteiger partial charge is 0.369 e. The van der Waals surface area contributed by atoms with Gasteiger partial charge in [0.1, 0.15) is 0 Å². The van der Waals surface area contributed by atoms with E-state index in [9.17, 15) is 0 Å². The molecule has 0 aromatic heterocycles. The lowest BCUT2D eigenvalue weighted by Crippen LogP contribution is -2.27. The maximum Gasteiger partial charge on any atom is 0.0417 e. The Morgan fingerprint density at radius 3 is 2.56 bits per heavy atom. The fraction of sp³-hybridized carbons (Fsp3) is 0.571. The first-order valence-electron chi connectivity index (χ1n) is 6.39. The molecule has 1 aliphatic carbocycles. The second kappa shape index (κ2) is 4.88. The van der Waals surface area contributed by atoms with Crippen molar-refractivity contribution in [1.29, 1.82) is 0 Å². The summed E-state index contributed by atoms with van der Waals surface area (Å²) in [7, 11) is 0. The van der Waals surface area contributed by atoms with Crippen LogP contribution in [0.4, 0.5) is 5.69 Å². The molecular weight excluding hydrogens is 196 g/mol. The van der Waals surface area contributed by atoms with Crippen molar-refractivity contribution in [3.63, 3.8) is 0 Å². The van der Waals surface area contributed by atoms with E-state index in [1.807, 2.05) is 0 Å². The van der Waals surface area contributed by atoms with E-state index < -0.39 is 0 Å². The molecule has 1 aromatic rings. The van der Waals surface area contributed by atoms with E-state index >= 15 is 0 Å². The lowest BCUT2D eigenvalue weighted by molar-refractivity contribution is 0.689. The van der Waals surface area contributed by atoms with E-state index in [1.54, 1.807) is 0 Å². The van der Waals surface area contributed by atoms with Gasteiger partial charge in [-0.25, -0.2) is 0 Å². The van der Waals surface area contributed by atoms with Crippen molar-refractivity contribution in [2.75, 3.05) is 11.4 Å². The van der Waals surface area contributed by atoms with Crippen LogP contribution in [0.25, 0.3) is 0 Å². The van der Waals surface area contributed by atoms with Gasteiger partial charge in [-0.3, -0.25) is 0 Å². The molecule has 2 nitrogen and oxygen atoms in total. The van der Waals surface area contributed by atoms with Crippen LogP contribution in [-0.2, 0) is 0 Å². The summed E-state index contributed by atoms with van der Waals surface area (Å²) in [5.74, 6) is 0. The highest BCUT2D eigenvalue weighted by Crippen LogP contribution is 2.35. The van der Waals surface area contributed by atoms with Gasteiger partial charge in [0.15, 0.2) is 0 Å². The third kappa shape index (κ3) is 2.22. The normalized spacial score (nSPS) is 17.2. The molecule has 0 aliphatic heterocycles. The van der Waals surface area contributed by atoms with Crippen LogP contribution in [0, 0.1) is 0 Å². The molecule has 0 saturated heterocycles. The van der Waals surface area contributed by atoms with Crippen LogP contribution in [0.15, 0.2) is 24.3 Å². The van der Waals surface area contributed by atoms with E-state index in [-0.39, 0.29) is 6.04 Å². The van der Waals surface area contributed by atoms with Crippen LogP contribution in [0.2, 0.25) is 0 Å². The molecule has 0 heterocycles. The van der Waals surface area contributed by atoms with E-state index in [0.717, 1.165) is 19.0 Å². The van der Waals surface area contributed by atoms with Gasteiger partial charge < -0.3 is 10.6 Å². The highest BCUT2D eigenvalue weighted by molar-refractivity contribution is 5.56. The molecule has 1 saturated carbocycles. The SMILES string of the molecule is CC[C@H](N)c1ccccc1N(CC)C1CC1. The van der Waals surface area contributed by atoms with Crippen LogP contribution >= 0.6 is 0 Å². The molecule has 0 spiro atoms. The molecule has 0 unspecified atom stereocenters. The molecule has 1 aromatic carbocycles. The Labute approximate surface area is 98.4 Å². The van der Waals surface area contributed by atoms with Crippen LogP contribution in [0.3, 0.4) is 0 Å². The minimum absolute atomic E-state index is 0.170. The highest BCUT2D eigenvalue weighted by Gasteiger charge is 2.29. The molecule has 0 bridgehead atoms. The molecule has 0 amide bonds. The number of nitrogens with two attached hydrogens (primary N) is 1.